The van der Waals surface area contributed by atoms with E-state index >= 15 is 0 Å². The Hall–Kier alpha value is -1.06. The van der Waals surface area contributed by atoms with Crippen LogP contribution in [0.1, 0.15) is 11.1 Å². The third-order valence-corrected chi connectivity index (χ3v) is 2.79. The summed E-state index contributed by atoms with van der Waals surface area (Å²) in [6.07, 6.45) is 1.33. The van der Waals surface area contributed by atoms with Crippen LogP contribution in [0.25, 0.3) is 0 Å². The molecule has 0 N–H and O–H groups in total. The van der Waals surface area contributed by atoms with Gasteiger partial charge in [-0.05, 0) is 29.7 Å². The Morgan fingerprint density at radius 2 is 2.27 bits per heavy atom. The van der Waals surface area contributed by atoms with Crippen LogP contribution in [0.5, 0.6) is 5.75 Å². The molecular formula is C12H14O3. The van der Waals surface area contributed by atoms with Crippen molar-refractivity contribution in [1.82, 2.24) is 0 Å². The fraction of sp³-hybridized carbons (Fsp3) is 0.500. The molecule has 2 aliphatic rings. The van der Waals surface area contributed by atoms with Crippen LogP contribution < -0.4 is 4.74 Å². The molecule has 0 amide bonds. The second-order valence-electron chi connectivity index (χ2n) is 4.00. The van der Waals surface area contributed by atoms with Crippen LogP contribution in [-0.4, -0.2) is 25.9 Å². The van der Waals surface area contributed by atoms with Gasteiger partial charge < -0.3 is 14.2 Å². The van der Waals surface area contributed by atoms with Gasteiger partial charge in [-0.25, -0.2) is 0 Å². The Morgan fingerprint density at radius 3 is 3.13 bits per heavy atom. The maximum absolute atomic E-state index is 5.62. The largest absolute Gasteiger partial charge is 0.491 e. The lowest BCUT2D eigenvalue weighted by Gasteiger charge is -2.17. The lowest BCUT2D eigenvalue weighted by molar-refractivity contribution is 0.110. The van der Waals surface area contributed by atoms with Gasteiger partial charge in [0, 0.05) is 0 Å². The summed E-state index contributed by atoms with van der Waals surface area (Å²) in [5.41, 5.74) is 2.65. The highest BCUT2D eigenvalue weighted by molar-refractivity contribution is 5.36. The normalized spacial score (nSPS) is 23.3. The summed E-state index contributed by atoms with van der Waals surface area (Å²) in [5.74, 6) is 0.926. The lowest BCUT2D eigenvalue weighted by Crippen LogP contribution is -2.10. The predicted octanol–water partition coefficient (Wildman–Crippen LogP) is 1.54. The van der Waals surface area contributed by atoms with E-state index in [-0.39, 0.29) is 0 Å². The molecule has 1 aromatic carbocycles. The van der Waals surface area contributed by atoms with Crippen molar-refractivity contribution in [3.8, 4) is 5.75 Å². The quantitative estimate of drug-likeness (QED) is 0.703. The Balaban J connectivity index is 1.71. The maximum atomic E-state index is 5.62. The summed E-state index contributed by atoms with van der Waals surface area (Å²) >= 11 is 0. The number of fused-ring (bicyclic) bond motifs is 1. The van der Waals surface area contributed by atoms with E-state index < -0.39 is 0 Å². The van der Waals surface area contributed by atoms with Crippen molar-refractivity contribution < 1.29 is 14.2 Å². The first-order chi connectivity index (χ1) is 7.42. The number of rotatable bonds is 3. The van der Waals surface area contributed by atoms with E-state index in [0.29, 0.717) is 19.3 Å². The fourth-order valence-electron chi connectivity index (χ4n) is 1.79. The van der Waals surface area contributed by atoms with Gasteiger partial charge in [0.2, 0.25) is 0 Å². The monoisotopic (exact) mass is 206 g/mol. The van der Waals surface area contributed by atoms with Crippen LogP contribution in [-0.2, 0) is 22.5 Å². The van der Waals surface area contributed by atoms with E-state index in [9.17, 15) is 0 Å². The van der Waals surface area contributed by atoms with E-state index in [4.69, 9.17) is 14.2 Å². The number of benzene rings is 1. The molecule has 1 atom stereocenters. The highest BCUT2D eigenvalue weighted by Gasteiger charge is 2.23. The van der Waals surface area contributed by atoms with Gasteiger partial charge in [-0.15, -0.1) is 0 Å². The molecule has 0 radical (unpaired) electrons. The minimum atomic E-state index is 0.317. The highest BCUT2D eigenvalue weighted by atomic mass is 16.6. The summed E-state index contributed by atoms with van der Waals surface area (Å²) in [7, 11) is 0. The second kappa shape index (κ2) is 3.83. The zero-order valence-corrected chi connectivity index (χ0v) is 8.57. The van der Waals surface area contributed by atoms with Gasteiger partial charge >= 0.3 is 0 Å². The molecule has 1 aromatic rings. The van der Waals surface area contributed by atoms with Gasteiger partial charge in [-0.3, -0.25) is 0 Å². The van der Waals surface area contributed by atoms with Crippen molar-refractivity contribution in [2.45, 2.75) is 19.1 Å². The Labute approximate surface area is 89.0 Å². The topological polar surface area (TPSA) is 31.0 Å². The van der Waals surface area contributed by atoms with Crippen molar-refractivity contribution in [2.75, 3.05) is 19.8 Å². The summed E-state index contributed by atoms with van der Waals surface area (Å²) in [6.45, 7) is 3.06. The molecule has 0 aromatic heterocycles. The van der Waals surface area contributed by atoms with Crippen LogP contribution in [0.2, 0.25) is 0 Å². The molecule has 3 heteroatoms. The first-order valence-electron chi connectivity index (χ1n) is 5.36. The molecule has 1 saturated heterocycles. The van der Waals surface area contributed by atoms with Gasteiger partial charge in [0.05, 0.1) is 19.8 Å². The SMILES string of the molecule is c1cc2c(cc1OCC1CO1)COCC2. The molecule has 0 aliphatic carbocycles. The number of hydrogen-bond donors (Lipinski definition) is 0. The van der Waals surface area contributed by atoms with Crippen molar-refractivity contribution in [3.05, 3.63) is 29.3 Å². The standard InChI is InChI=1S/C12H14O3/c1-2-11(14-7-12-8-15-12)5-10-6-13-4-3-9(1)10/h1-2,5,12H,3-4,6-8H2. The Kier molecular flexibility index (Phi) is 2.35. The molecule has 2 heterocycles. The molecular weight excluding hydrogens is 192 g/mol. The molecule has 3 rings (SSSR count). The molecule has 2 aliphatic heterocycles. The van der Waals surface area contributed by atoms with Crippen LogP contribution in [0, 0.1) is 0 Å². The van der Waals surface area contributed by atoms with Gasteiger partial charge in [0.1, 0.15) is 18.5 Å². The zero-order valence-electron chi connectivity index (χ0n) is 8.57. The fourth-order valence-corrected chi connectivity index (χ4v) is 1.79. The van der Waals surface area contributed by atoms with E-state index in [1.165, 1.54) is 11.1 Å². The molecule has 1 fully saturated rings. The lowest BCUT2D eigenvalue weighted by atomic mass is 10.0. The number of ether oxygens (including phenoxy) is 3. The number of epoxide rings is 1. The van der Waals surface area contributed by atoms with Crippen LogP contribution in [0.4, 0.5) is 0 Å². The van der Waals surface area contributed by atoms with Crippen LogP contribution in [0.3, 0.4) is 0 Å². The first kappa shape index (κ1) is 9.19. The van der Waals surface area contributed by atoms with E-state index in [1.54, 1.807) is 0 Å². The van der Waals surface area contributed by atoms with Crippen molar-refractivity contribution >= 4 is 0 Å². The minimum Gasteiger partial charge on any atom is -0.491 e. The molecule has 1 unspecified atom stereocenters. The minimum absolute atomic E-state index is 0.317. The average Bonchev–Trinajstić information content (AvgIpc) is 3.10. The van der Waals surface area contributed by atoms with Crippen LogP contribution >= 0.6 is 0 Å². The summed E-state index contributed by atoms with van der Waals surface area (Å²) < 4.78 is 16.1. The first-order valence-corrected chi connectivity index (χ1v) is 5.36. The predicted molar refractivity (Wildman–Crippen MR) is 55.0 cm³/mol. The molecule has 0 spiro atoms. The van der Waals surface area contributed by atoms with Gasteiger partial charge in [0.25, 0.3) is 0 Å². The highest BCUT2D eigenvalue weighted by Crippen LogP contribution is 2.23. The van der Waals surface area contributed by atoms with Crippen LogP contribution in [0.15, 0.2) is 18.2 Å². The van der Waals surface area contributed by atoms with E-state index in [2.05, 4.69) is 12.1 Å². The molecule has 15 heavy (non-hydrogen) atoms. The summed E-state index contributed by atoms with van der Waals surface area (Å²) in [4.78, 5) is 0. The third kappa shape index (κ3) is 2.13. The van der Waals surface area contributed by atoms with Crippen molar-refractivity contribution in [3.63, 3.8) is 0 Å². The van der Waals surface area contributed by atoms with Crippen molar-refractivity contribution in [2.24, 2.45) is 0 Å². The Bertz CT molecular complexity index is 358. The second-order valence-corrected chi connectivity index (χ2v) is 4.00. The molecule has 0 saturated carbocycles. The smallest absolute Gasteiger partial charge is 0.119 e. The van der Waals surface area contributed by atoms with Gasteiger partial charge in [-0.2, -0.15) is 0 Å². The van der Waals surface area contributed by atoms with Gasteiger partial charge in [0.15, 0.2) is 0 Å². The number of hydrogen-bond acceptors (Lipinski definition) is 3. The van der Waals surface area contributed by atoms with E-state index in [1.807, 2.05) is 6.07 Å². The summed E-state index contributed by atoms with van der Waals surface area (Å²) in [5, 5.41) is 0. The van der Waals surface area contributed by atoms with Crippen molar-refractivity contribution in [1.29, 1.82) is 0 Å². The third-order valence-electron chi connectivity index (χ3n) is 2.79. The molecule has 0 bridgehead atoms. The Morgan fingerprint density at radius 1 is 1.33 bits per heavy atom. The molecule has 3 nitrogen and oxygen atoms in total. The van der Waals surface area contributed by atoms with E-state index in [0.717, 1.165) is 25.4 Å². The molecule has 80 valence electrons. The average molecular weight is 206 g/mol. The summed E-state index contributed by atoms with van der Waals surface area (Å²) in [6, 6.07) is 6.25. The zero-order chi connectivity index (χ0) is 10.1. The van der Waals surface area contributed by atoms with Gasteiger partial charge in [-0.1, -0.05) is 6.07 Å². The maximum Gasteiger partial charge on any atom is 0.119 e.